The van der Waals surface area contributed by atoms with Gasteiger partial charge in [-0.05, 0) is 57.2 Å². The summed E-state index contributed by atoms with van der Waals surface area (Å²) in [5.41, 5.74) is 0.974. The highest BCUT2D eigenvalue weighted by atomic mass is 35.5. The highest BCUT2D eigenvalue weighted by Crippen LogP contribution is 2.35. The van der Waals surface area contributed by atoms with E-state index in [0.29, 0.717) is 34.6 Å². The van der Waals surface area contributed by atoms with Crippen LogP contribution in [0.1, 0.15) is 30.0 Å². The minimum absolute atomic E-state index is 0.0809. The van der Waals surface area contributed by atoms with Crippen LogP contribution in [-0.4, -0.2) is 20.8 Å². The molecule has 0 radical (unpaired) electrons. The molecule has 0 saturated carbocycles. The molecule has 1 aromatic heterocycles. The third-order valence-corrected chi connectivity index (χ3v) is 5.65. The highest BCUT2D eigenvalue weighted by molar-refractivity contribution is 7.92. The number of benzene rings is 2. The zero-order valence-corrected chi connectivity index (χ0v) is 16.6. The maximum Gasteiger partial charge on any atom is 0.261 e. The van der Waals surface area contributed by atoms with Gasteiger partial charge in [-0.1, -0.05) is 11.6 Å². The number of fused-ring (bicyclic) bond motifs is 1. The number of rotatable bonds is 6. The molecular weight excluding hydrogens is 390 g/mol. The summed E-state index contributed by atoms with van der Waals surface area (Å²) in [7, 11) is -3.84. The number of sulfonamides is 1. The van der Waals surface area contributed by atoms with Crippen LogP contribution < -0.4 is 9.46 Å². The molecule has 3 aromatic rings. The molecule has 6 nitrogen and oxygen atoms in total. The van der Waals surface area contributed by atoms with Gasteiger partial charge in [-0.15, -0.1) is 0 Å². The van der Waals surface area contributed by atoms with E-state index in [2.05, 4.69) is 4.72 Å². The molecule has 2 aromatic carbocycles. The molecule has 0 amide bonds. The molecule has 1 heterocycles. The lowest BCUT2D eigenvalue weighted by molar-refractivity contribution is 0.101. The summed E-state index contributed by atoms with van der Waals surface area (Å²) >= 11 is 6.23. The number of aryl methyl sites for hydroxylation is 1. The molecule has 0 saturated heterocycles. The van der Waals surface area contributed by atoms with Crippen LogP contribution in [0.3, 0.4) is 0 Å². The second kappa shape index (κ2) is 7.25. The maximum absolute atomic E-state index is 12.7. The lowest BCUT2D eigenvalue weighted by Crippen LogP contribution is -2.13. The SMILES string of the molecule is CCOc1ccc(S(=O)(=O)Nc2cc(Cl)c3oc(C)c(C(C)=O)c3c2)cc1. The van der Waals surface area contributed by atoms with Crippen molar-refractivity contribution in [3.63, 3.8) is 0 Å². The van der Waals surface area contributed by atoms with Gasteiger partial charge in [0.2, 0.25) is 0 Å². The van der Waals surface area contributed by atoms with Crippen LogP contribution in [0.25, 0.3) is 11.0 Å². The van der Waals surface area contributed by atoms with E-state index in [4.69, 9.17) is 20.8 Å². The Morgan fingerprint density at radius 2 is 1.89 bits per heavy atom. The van der Waals surface area contributed by atoms with Gasteiger partial charge in [-0.2, -0.15) is 0 Å². The van der Waals surface area contributed by atoms with Crippen LogP contribution in [0.15, 0.2) is 45.7 Å². The van der Waals surface area contributed by atoms with Gasteiger partial charge >= 0.3 is 0 Å². The predicted molar refractivity (Wildman–Crippen MR) is 104 cm³/mol. The smallest absolute Gasteiger partial charge is 0.261 e. The Labute approximate surface area is 162 Å². The number of furan rings is 1. The molecule has 8 heteroatoms. The average molecular weight is 408 g/mol. The van der Waals surface area contributed by atoms with Crippen LogP contribution in [0.4, 0.5) is 5.69 Å². The van der Waals surface area contributed by atoms with Crippen molar-refractivity contribution in [1.82, 2.24) is 0 Å². The number of nitrogens with one attached hydrogen (secondary N) is 1. The Bertz CT molecular complexity index is 1120. The Kier molecular flexibility index (Phi) is 5.17. The first-order chi connectivity index (χ1) is 12.7. The first kappa shape index (κ1) is 19.3. The molecule has 0 spiro atoms. The Morgan fingerprint density at radius 3 is 2.48 bits per heavy atom. The van der Waals surface area contributed by atoms with Crippen LogP contribution in [0.2, 0.25) is 5.02 Å². The molecule has 0 aliphatic heterocycles. The lowest BCUT2D eigenvalue weighted by Gasteiger charge is -2.10. The van der Waals surface area contributed by atoms with Crippen molar-refractivity contribution < 1.29 is 22.4 Å². The molecule has 1 N–H and O–H groups in total. The maximum atomic E-state index is 12.7. The number of ether oxygens (including phenoxy) is 1. The Balaban J connectivity index is 2.00. The van der Waals surface area contributed by atoms with E-state index < -0.39 is 10.0 Å². The van der Waals surface area contributed by atoms with E-state index in [0.717, 1.165) is 0 Å². The largest absolute Gasteiger partial charge is 0.494 e. The monoisotopic (exact) mass is 407 g/mol. The van der Waals surface area contributed by atoms with E-state index >= 15 is 0 Å². The van der Waals surface area contributed by atoms with Crippen molar-refractivity contribution >= 4 is 44.1 Å². The van der Waals surface area contributed by atoms with E-state index in [1.807, 2.05) is 6.92 Å². The average Bonchev–Trinajstić information content (AvgIpc) is 2.92. The third kappa shape index (κ3) is 3.79. The summed E-state index contributed by atoms with van der Waals surface area (Å²) in [5, 5.41) is 0.685. The molecule has 142 valence electrons. The van der Waals surface area contributed by atoms with Crippen molar-refractivity contribution in [2.45, 2.75) is 25.7 Å². The number of hydrogen-bond acceptors (Lipinski definition) is 5. The molecule has 0 unspecified atom stereocenters. The number of ketones is 1. The van der Waals surface area contributed by atoms with E-state index in [-0.39, 0.29) is 21.4 Å². The van der Waals surface area contributed by atoms with Gasteiger partial charge in [-0.25, -0.2) is 8.42 Å². The Hall–Kier alpha value is -2.51. The summed E-state index contributed by atoms with van der Waals surface area (Å²) in [6, 6.07) is 9.07. The molecule has 0 atom stereocenters. The molecule has 27 heavy (non-hydrogen) atoms. The van der Waals surface area contributed by atoms with Crippen molar-refractivity contribution in [1.29, 1.82) is 0 Å². The molecular formula is C19H18ClNO5S. The van der Waals surface area contributed by atoms with Crippen molar-refractivity contribution in [3.05, 3.63) is 52.7 Å². The third-order valence-electron chi connectivity index (χ3n) is 3.97. The fourth-order valence-electron chi connectivity index (χ4n) is 2.87. The van der Waals surface area contributed by atoms with Crippen LogP contribution in [-0.2, 0) is 10.0 Å². The quantitative estimate of drug-likeness (QED) is 0.593. The van der Waals surface area contributed by atoms with Gasteiger partial charge in [-0.3, -0.25) is 9.52 Å². The number of carbonyl (C=O) groups is 1. The van der Waals surface area contributed by atoms with Crippen LogP contribution in [0.5, 0.6) is 5.75 Å². The Morgan fingerprint density at radius 1 is 1.22 bits per heavy atom. The van der Waals surface area contributed by atoms with Gasteiger partial charge in [0.15, 0.2) is 11.4 Å². The summed E-state index contributed by atoms with van der Waals surface area (Å²) in [6.45, 7) is 5.42. The summed E-state index contributed by atoms with van der Waals surface area (Å²) < 4.78 is 38.7. The lowest BCUT2D eigenvalue weighted by atomic mass is 10.1. The fraction of sp³-hybridized carbons (Fsp3) is 0.211. The summed E-state index contributed by atoms with van der Waals surface area (Å²) in [4.78, 5) is 12.0. The number of carbonyl (C=O) groups excluding carboxylic acids is 1. The highest BCUT2D eigenvalue weighted by Gasteiger charge is 2.20. The van der Waals surface area contributed by atoms with Gasteiger partial charge in [0, 0.05) is 5.39 Å². The first-order valence-corrected chi connectivity index (χ1v) is 10.1. The fourth-order valence-corrected chi connectivity index (χ4v) is 4.17. The second-order valence-electron chi connectivity index (χ2n) is 5.93. The van der Waals surface area contributed by atoms with E-state index in [1.165, 1.54) is 25.1 Å². The number of Topliss-reactive ketones (excluding diaryl/α,β-unsaturated/α-hetero) is 1. The van der Waals surface area contributed by atoms with Crippen molar-refractivity contribution in [2.24, 2.45) is 0 Å². The summed E-state index contributed by atoms with van der Waals surface area (Å²) in [5.74, 6) is 0.834. The predicted octanol–water partition coefficient (Wildman–Crippen LogP) is 4.80. The zero-order valence-electron chi connectivity index (χ0n) is 15.0. The van der Waals surface area contributed by atoms with Gasteiger partial charge in [0.25, 0.3) is 10.0 Å². The minimum atomic E-state index is -3.84. The van der Waals surface area contributed by atoms with Crippen molar-refractivity contribution in [2.75, 3.05) is 11.3 Å². The molecule has 0 aliphatic carbocycles. The first-order valence-electron chi connectivity index (χ1n) is 8.22. The van der Waals surface area contributed by atoms with E-state index in [1.54, 1.807) is 25.1 Å². The molecule has 3 rings (SSSR count). The second-order valence-corrected chi connectivity index (χ2v) is 8.02. The van der Waals surface area contributed by atoms with Gasteiger partial charge in [0.05, 0.1) is 27.8 Å². The number of anilines is 1. The molecule has 0 fully saturated rings. The van der Waals surface area contributed by atoms with Crippen LogP contribution >= 0.6 is 11.6 Å². The molecule has 0 aliphatic rings. The van der Waals surface area contributed by atoms with Gasteiger partial charge in [0.1, 0.15) is 11.5 Å². The van der Waals surface area contributed by atoms with Gasteiger partial charge < -0.3 is 9.15 Å². The van der Waals surface area contributed by atoms with Crippen LogP contribution in [0, 0.1) is 6.92 Å². The van der Waals surface area contributed by atoms with Crippen molar-refractivity contribution in [3.8, 4) is 5.75 Å². The number of halogens is 1. The van der Waals surface area contributed by atoms with E-state index in [9.17, 15) is 13.2 Å². The summed E-state index contributed by atoms with van der Waals surface area (Å²) in [6.07, 6.45) is 0. The molecule has 0 bridgehead atoms. The number of hydrogen-bond donors (Lipinski definition) is 1. The normalized spacial score (nSPS) is 11.6. The zero-order chi connectivity index (χ0) is 19.8. The standard InChI is InChI=1S/C19H18ClNO5S/c1-4-25-14-5-7-15(8-6-14)27(23,24)21-13-9-16-18(11(2)22)12(3)26-19(16)17(20)10-13/h5-10,21H,4H2,1-3H3. The topological polar surface area (TPSA) is 85.6 Å². The minimum Gasteiger partial charge on any atom is -0.494 e.